The summed E-state index contributed by atoms with van der Waals surface area (Å²) >= 11 is 0. The van der Waals surface area contributed by atoms with Gasteiger partial charge >= 0.3 is 0 Å². The van der Waals surface area contributed by atoms with E-state index in [1.807, 2.05) is 22.7 Å². The third kappa shape index (κ3) is 3.63. The fraction of sp³-hybridized carbons (Fsp3) is 0.400. The van der Waals surface area contributed by atoms with Gasteiger partial charge in [0.05, 0.1) is 18.4 Å². The lowest BCUT2D eigenvalue weighted by Crippen LogP contribution is -2.31. The van der Waals surface area contributed by atoms with Gasteiger partial charge in [0.1, 0.15) is 12.1 Å². The van der Waals surface area contributed by atoms with Crippen LogP contribution in [0.5, 0.6) is 5.75 Å². The van der Waals surface area contributed by atoms with Crippen molar-refractivity contribution in [2.24, 2.45) is 5.92 Å². The highest BCUT2D eigenvalue weighted by molar-refractivity contribution is 5.96. The standard InChI is InChI=1S/C20H23N5O2/c1-27-18-5-3-2-4-16(18)19(26)22-12-14-6-8-15(9-7-14)17-10-11-21-20-23-13-24-25(17)20/h2-5,10-11,13-15H,6-9,12H2,1H3,(H,22,26). The van der Waals surface area contributed by atoms with E-state index in [4.69, 9.17) is 4.74 Å². The van der Waals surface area contributed by atoms with Crippen molar-refractivity contribution in [2.75, 3.05) is 13.7 Å². The predicted octanol–water partition coefficient (Wildman–Crippen LogP) is 2.84. The number of hydrogen-bond acceptors (Lipinski definition) is 5. The molecule has 0 radical (unpaired) electrons. The van der Waals surface area contributed by atoms with E-state index in [-0.39, 0.29) is 5.91 Å². The smallest absolute Gasteiger partial charge is 0.255 e. The molecule has 0 aliphatic heterocycles. The van der Waals surface area contributed by atoms with Gasteiger partial charge in [-0.1, -0.05) is 12.1 Å². The monoisotopic (exact) mass is 365 g/mol. The Bertz CT molecular complexity index is 931. The maximum atomic E-state index is 12.5. The molecule has 1 amide bonds. The molecule has 0 unspecified atom stereocenters. The molecule has 0 saturated heterocycles. The van der Waals surface area contributed by atoms with Crippen molar-refractivity contribution in [3.8, 4) is 5.75 Å². The molecule has 1 aliphatic rings. The fourth-order valence-corrected chi connectivity index (χ4v) is 3.89. The second-order valence-corrected chi connectivity index (χ2v) is 6.97. The molecule has 0 spiro atoms. The number of benzene rings is 1. The highest BCUT2D eigenvalue weighted by atomic mass is 16.5. The SMILES string of the molecule is COc1ccccc1C(=O)NCC1CCC(c2ccnc3ncnn23)CC1. The number of ether oxygens (including phenoxy) is 1. The number of carbonyl (C=O) groups is 1. The van der Waals surface area contributed by atoms with Gasteiger partial charge < -0.3 is 10.1 Å². The number of methoxy groups -OCH3 is 1. The number of carbonyl (C=O) groups excluding carboxylic acids is 1. The van der Waals surface area contributed by atoms with Gasteiger partial charge in [0.15, 0.2) is 0 Å². The van der Waals surface area contributed by atoms with Crippen LogP contribution >= 0.6 is 0 Å². The number of rotatable bonds is 5. The topological polar surface area (TPSA) is 81.4 Å². The minimum atomic E-state index is -0.0759. The van der Waals surface area contributed by atoms with Crippen molar-refractivity contribution >= 4 is 11.7 Å². The summed E-state index contributed by atoms with van der Waals surface area (Å²) in [6, 6.07) is 9.35. The van der Waals surface area contributed by atoms with Gasteiger partial charge in [-0.15, -0.1) is 0 Å². The first kappa shape index (κ1) is 17.5. The number of nitrogens with one attached hydrogen (secondary N) is 1. The van der Waals surface area contributed by atoms with Gasteiger partial charge in [-0.2, -0.15) is 10.1 Å². The first-order chi connectivity index (χ1) is 13.3. The average molecular weight is 365 g/mol. The molecule has 4 rings (SSSR count). The molecule has 2 aromatic heterocycles. The Hall–Kier alpha value is -2.96. The van der Waals surface area contributed by atoms with E-state index in [1.54, 1.807) is 31.8 Å². The summed E-state index contributed by atoms with van der Waals surface area (Å²) in [6.07, 6.45) is 7.66. The molecular formula is C20H23N5O2. The summed E-state index contributed by atoms with van der Waals surface area (Å²) in [7, 11) is 1.58. The van der Waals surface area contributed by atoms with E-state index in [2.05, 4.69) is 20.4 Å². The Labute approximate surface area is 157 Å². The minimum Gasteiger partial charge on any atom is -0.496 e. The van der Waals surface area contributed by atoms with Gasteiger partial charge in [0.2, 0.25) is 0 Å². The van der Waals surface area contributed by atoms with Crippen molar-refractivity contribution in [1.82, 2.24) is 24.9 Å². The van der Waals surface area contributed by atoms with Gasteiger partial charge in [-0.25, -0.2) is 9.50 Å². The molecular weight excluding hydrogens is 342 g/mol. The maximum Gasteiger partial charge on any atom is 0.255 e. The molecule has 3 aromatic rings. The highest BCUT2D eigenvalue weighted by Crippen LogP contribution is 2.35. The van der Waals surface area contributed by atoms with Gasteiger partial charge in [0.25, 0.3) is 11.7 Å². The third-order valence-corrected chi connectivity index (χ3v) is 5.38. The quantitative estimate of drug-likeness (QED) is 0.752. The molecule has 27 heavy (non-hydrogen) atoms. The molecule has 0 bridgehead atoms. The Morgan fingerprint density at radius 3 is 2.81 bits per heavy atom. The van der Waals surface area contributed by atoms with Crippen LogP contribution in [0, 0.1) is 5.92 Å². The Balaban J connectivity index is 1.33. The largest absolute Gasteiger partial charge is 0.496 e. The van der Waals surface area contributed by atoms with Crippen LogP contribution in [0.25, 0.3) is 5.78 Å². The van der Waals surface area contributed by atoms with Crippen molar-refractivity contribution in [2.45, 2.75) is 31.6 Å². The van der Waals surface area contributed by atoms with E-state index in [1.165, 1.54) is 5.69 Å². The van der Waals surface area contributed by atoms with E-state index in [9.17, 15) is 4.79 Å². The second-order valence-electron chi connectivity index (χ2n) is 6.97. The van der Waals surface area contributed by atoms with Crippen LogP contribution in [-0.2, 0) is 0 Å². The van der Waals surface area contributed by atoms with Gasteiger partial charge in [-0.05, 0) is 49.8 Å². The minimum absolute atomic E-state index is 0.0759. The van der Waals surface area contributed by atoms with E-state index in [0.717, 1.165) is 25.7 Å². The van der Waals surface area contributed by atoms with Crippen LogP contribution in [0.3, 0.4) is 0 Å². The number of fused-ring (bicyclic) bond motifs is 1. The molecule has 1 N–H and O–H groups in total. The average Bonchev–Trinajstić information content (AvgIpc) is 3.21. The van der Waals surface area contributed by atoms with Gasteiger partial charge in [-0.3, -0.25) is 4.79 Å². The van der Waals surface area contributed by atoms with Crippen LogP contribution in [0.4, 0.5) is 0 Å². The zero-order valence-corrected chi connectivity index (χ0v) is 15.3. The lowest BCUT2D eigenvalue weighted by molar-refractivity contribution is 0.0939. The normalized spacial score (nSPS) is 19.7. The summed E-state index contributed by atoms with van der Waals surface area (Å²) in [4.78, 5) is 20.9. The molecule has 2 heterocycles. The Morgan fingerprint density at radius 1 is 1.19 bits per heavy atom. The number of amides is 1. The second kappa shape index (κ2) is 7.73. The van der Waals surface area contributed by atoms with Crippen molar-refractivity contribution in [3.05, 3.63) is 54.1 Å². The number of hydrogen-bond donors (Lipinski definition) is 1. The Morgan fingerprint density at radius 2 is 2.00 bits per heavy atom. The number of para-hydroxylation sites is 1. The first-order valence-corrected chi connectivity index (χ1v) is 9.32. The lowest BCUT2D eigenvalue weighted by atomic mass is 9.80. The summed E-state index contributed by atoms with van der Waals surface area (Å²) in [6.45, 7) is 0.693. The summed E-state index contributed by atoms with van der Waals surface area (Å²) < 4.78 is 7.11. The zero-order chi connectivity index (χ0) is 18.6. The van der Waals surface area contributed by atoms with E-state index in [0.29, 0.717) is 35.5 Å². The maximum absolute atomic E-state index is 12.5. The molecule has 1 fully saturated rings. The molecule has 1 saturated carbocycles. The third-order valence-electron chi connectivity index (χ3n) is 5.38. The number of aromatic nitrogens is 4. The predicted molar refractivity (Wildman–Crippen MR) is 101 cm³/mol. The van der Waals surface area contributed by atoms with Crippen LogP contribution < -0.4 is 10.1 Å². The molecule has 140 valence electrons. The zero-order valence-electron chi connectivity index (χ0n) is 15.3. The van der Waals surface area contributed by atoms with Crippen LogP contribution in [0.2, 0.25) is 0 Å². The first-order valence-electron chi connectivity index (χ1n) is 9.32. The number of nitrogens with zero attached hydrogens (tertiary/aromatic N) is 4. The van der Waals surface area contributed by atoms with Crippen molar-refractivity contribution in [1.29, 1.82) is 0 Å². The molecule has 1 aliphatic carbocycles. The molecule has 7 heteroatoms. The Kier molecular flexibility index (Phi) is 5.00. The summed E-state index contributed by atoms with van der Waals surface area (Å²) in [5, 5.41) is 7.36. The van der Waals surface area contributed by atoms with Crippen molar-refractivity contribution < 1.29 is 9.53 Å². The van der Waals surface area contributed by atoms with E-state index < -0.39 is 0 Å². The highest BCUT2D eigenvalue weighted by Gasteiger charge is 2.25. The van der Waals surface area contributed by atoms with Crippen LogP contribution in [0.15, 0.2) is 42.9 Å². The summed E-state index contributed by atoms with van der Waals surface area (Å²) in [5.74, 6) is 2.13. The van der Waals surface area contributed by atoms with E-state index >= 15 is 0 Å². The van der Waals surface area contributed by atoms with Crippen LogP contribution in [0.1, 0.15) is 47.7 Å². The molecule has 7 nitrogen and oxygen atoms in total. The molecule has 0 atom stereocenters. The lowest BCUT2D eigenvalue weighted by Gasteiger charge is -2.28. The van der Waals surface area contributed by atoms with Crippen molar-refractivity contribution in [3.63, 3.8) is 0 Å². The van der Waals surface area contributed by atoms with Gasteiger partial charge in [0, 0.05) is 18.7 Å². The fourth-order valence-electron chi connectivity index (χ4n) is 3.89. The summed E-state index contributed by atoms with van der Waals surface area (Å²) in [5.41, 5.74) is 1.76. The van der Waals surface area contributed by atoms with Crippen LogP contribution in [-0.4, -0.2) is 39.1 Å². The molecule has 1 aromatic carbocycles.